The highest BCUT2D eigenvalue weighted by Crippen LogP contribution is 2.29. The van der Waals surface area contributed by atoms with Crippen LogP contribution in [0, 0.1) is 0 Å². The third-order valence-electron chi connectivity index (χ3n) is 2.17. The molecule has 1 aromatic rings. The molecule has 2 nitrogen and oxygen atoms in total. The maximum absolute atomic E-state index is 12.2. The van der Waals surface area contributed by atoms with Gasteiger partial charge in [0.05, 0.1) is 18.2 Å². The quantitative estimate of drug-likeness (QED) is 0.814. The average molecular weight is 219 g/mol. The number of likely N-dealkylation sites (N-methyl/N-ethyl adjacent to an activating group) is 1. The molecule has 0 heterocycles. The molecule has 1 unspecified atom stereocenters. The summed E-state index contributed by atoms with van der Waals surface area (Å²) in [6.07, 6.45) is -4.31. The molecule has 0 fully saturated rings. The fraction of sp³-hybridized carbons (Fsp3) is 0.400. The number of rotatable bonds is 3. The van der Waals surface area contributed by atoms with E-state index in [-0.39, 0.29) is 12.6 Å². The minimum atomic E-state index is -4.31. The Morgan fingerprint density at radius 1 is 1.27 bits per heavy atom. The van der Waals surface area contributed by atoms with Crippen LogP contribution < -0.4 is 5.32 Å². The van der Waals surface area contributed by atoms with Crippen LogP contribution in [0.25, 0.3) is 0 Å². The summed E-state index contributed by atoms with van der Waals surface area (Å²) in [4.78, 5) is 0. The molecule has 0 spiro atoms. The van der Waals surface area contributed by atoms with Crippen molar-refractivity contribution >= 4 is 0 Å². The third-order valence-corrected chi connectivity index (χ3v) is 2.17. The Balaban J connectivity index is 2.89. The van der Waals surface area contributed by atoms with Gasteiger partial charge in [0.25, 0.3) is 0 Å². The van der Waals surface area contributed by atoms with Gasteiger partial charge in [-0.15, -0.1) is 0 Å². The molecular formula is C10H12F3NO. The minimum absolute atomic E-state index is 0.151. The fourth-order valence-electron chi connectivity index (χ4n) is 1.27. The highest BCUT2D eigenvalue weighted by atomic mass is 19.4. The third kappa shape index (κ3) is 2.94. The molecule has 1 rings (SSSR count). The summed E-state index contributed by atoms with van der Waals surface area (Å²) in [6, 6.07) is 4.41. The molecule has 0 aromatic heterocycles. The predicted octanol–water partition coefficient (Wildman–Crippen LogP) is 1.96. The highest BCUT2D eigenvalue weighted by Gasteiger charge is 2.30. The summed E-state index contributed by atoms with van der Waals surface area (Å²) in [7, 11) is 1.64. The minimum Gasteiger partial charge on any atom is -0.394 e. The number of alkyl halides is 3. The number of nitrogens with one attached hydrogen (secondary N) is 1. The molecule has 2 N–H and O–H groups in total. The molecule has 0 aliphatic heterocycles. The number of halogens is 3. The lowest BCUT2D eigenvalue weighted by atomic mass is 10.1. The van der Waals surface area contributed by atoms with Gasteiger partial charge >= 0.3 is 6.18 Å². The van der Waals surface area contributed by atoms with E-state index < -0.39 is 11.7 Å². The van der Waals surface area contributed by atoms with Crippen LogP contribution in [0.3, 0.4) is 0 Å². The SMILES string of the molecule is CNC(CO)c1ccc(C(F)(F)F)cc1. The molecule has 0 radical (unpaired) electrons. The molecular weight excluding hydrogens is 207 g/mol. The second kappa shape index (κ2) is 4.63. The van der Waals surface area contributed by atoms with Crippen LogP contribution in [0.4, 0.5) is 13.2 Å². The van der Waals surface area contributed by atoms with E-state index in [2.05, 4.69) is 5.32 Å². The number of aliphatic hydroxyl groups is 1. The van der Waals surface area contributed by atoms with E-state index in [1.165, 1.54) is 12.1 Å². The number of aliphatic hydroxyl groups excluding tert-OH is 1. The standard InChI is InChI=1S/C10H12F3NO/c1-14-9(6-15)7-2-4-8(5-3-7)10(11,12)13/h2-5,9,14-15H,6H2,1H3. The van der Waals surface area contributed by atoms with Crippen molar-refractivity contribution in [2.45, 2.75) is 12.2 Å². The molecule has 1 aromatic carbocycles. The topological polar surface area (TPSA) is 32.3 Å². The highest BCUT2D eigenvalue weighted by molar-refractivity contribution is 5.26. The first-order valence-electron chi connectivity index (χ1n) is 4.44. The zero-order chi connectivity index (χ0) is 11.5. The van der Waals surface area contributed by atoms with Crippen LogP contribution >= 0.6 is 0 Å². The van der Waals surface area contributed by atoms with E-state index >= 15 is 0 Å². The van der Waals surface area contributed by atoms with Crippen molar-refractivity contribution in [2.75, 3.05) is 13.7 Å². The predicted molar refractivity (Wildman–Crippen MR) is 50.3 cm³/mol. The normalized spacial score (nSPS) is 13.9. The van der Waals surface area contributed by atoms with Gasteiger partial charge in [0.15, 0.2) is 0 Å². The van der Waals surface area contributed by atoms with Crippen molar-refractivity contribution in [3.05, 3.63) is 35.4 Å². The summed E-state index contributed by atoms with van der Waals surface area (Å²) in [5.74, 6) is 0. The summed E-state index contributed by atoms with van der Waals surface area (Å²) >= 11 is 0. The number of benzene rings is 1. The van der Waals surface area contributed by atoms with Crippen molar-refractivity contribution in [3.63, 3.8) is 0 Å². The fourth-order valence-corrected chi connectivity index (χ4v) is 1.27. The van der Waals surface area contributed by atoms with Crippen molar-refractivity contribution in [2.24, 2.45) is 0 Å². The van der Waals surface area contributed by atoms with Gasteiger partial charge in [0.1, 0.15) is 0 Å². The van der Waals surface area contributed by atoms with Crippen LogP contribution in [0.15, 0.2) is 24.3 Å². The molecule has 5 heteroatoms. The molecule has 0 aliphatic carbocycles. The Morgan fingerprint density at radius 3 is 2.13 bits per heavy atom. The largest absolute Gasteiger partial charge is 0.416 e. The maximum atomic E-state index is 12.2. The van der Waals surface area contributed by atoms with Crippen molar-refractivity contribution in [1.29, 1.82) is 0 Å². The lowest BCUT2D eigenvalue weighted by molar-refractivity contribution is -0.137. The molecule has 84 valence electrons. The van der Waals surface area contributed by atoms with Crippen LogP contribution in [-0.4, -0.2) is 18.8 Å². The van der Waals surface area contributed by atoms with Gasteiger partial charge < -0.3 is 10.4 Å². The zero-order valence-corrected chi connectivity index (χ0v) is 8.17. The van der Waals surface area contributed by atoms with Crippen LogP contribution in [0.5, 0.6) is 0 Å². The second-order valence-electron chi connectivity index (χ2n) is 3.14. The molecule has 0 saturated carbocycles. The van der Waals surface area contributed by atoms with Gasteiger partial charge in [-0.1, -0.05) is 12.1 Å². The Kier molecular flexibility index (Phi) is 3.71. The summed E-state index contributed by atoms with van der Waals surface area (Å²) in [5, 5.41) is 11.7. The number of hydrogen-bond acceptors (Lipinski definition) is 2. The van der Waals surface area contributed by atoms with E-state index in [9.17, 15) is 13.2 Å². The van der Waals surface area contributed by atoms with E-state index in [4.69, 9.17) is 5.11 Å². The summed E-state index contributed by atoms with van der Waals surface area (Å²) in [6.45, 7) is -0.151. The second-order valence-corrected chi connectivity index (χ2v) is 3.14. The van der Waals surface area contributed by atoms with Crippen molar-refractivity contribution < 1.29 is 18.3 Å². The maximum Gasteiger partial charge on any atom is 0.416 e. The van der Waals surface area contributed by atoms with E-state index in [0.29, 0.717) is 5.56 Å². The van der Waals surface area contributed by atoms with Gasteiger partial charge in [-0.2, -0.15) is 13.2 Å². The van der Waals surface area contributed by atoms with Crippen LogP contribution in [0.1, 0.15) is 17.2 Å². The van der Waals surface area contributed by atoms with E-state index in [1.54, 1.807) is 7.05 Å². The van der Waals surface area contributed by atoms with Crippen LogP contribution in [-0.2, 0) is 6.18 Å². The average Bonchev–Trinajstić information content (AvgIpc) is 2.19. The molecule has 15 heavy (non-hydrogen) atoms. The molecule has 0 bridgehead atoms. The lowest BCUT2D eigenvalue weighted by Gasteiger charge is -2.14. The zero-order valence-electron chi connectivity index (χ0n) is 8.17. The van der Waals surface area contributed by atoms with Gasteiger partial charge in [0.2, 0.25) is 0 Å². The van der Waals surface area contributed by atoms with Gasteiger partial charge in [-0.3, -0.25) is 0 Å². The number of hydrogen-bond donors (Lipinski definition) is 2. The first kappa shape index (κ1) is 12.0. The van der Waals surface area contributed by atoms with E-state index in [0.717, 1.165) is 12.1 Å². The summed E-state index contributed by atoms with van der Waals surface area (Å²) < 4.78 is 36.7. The van der Waals surface area contributed by atoms with Gasteiger partial charge in [-0.25, -0.2) is 0 Å². The smallest absolute Gasteiger partial charge is 0.394 e. The molecule has 0 aliphatic rings. The lowest BCUT2D eigenvalue weighted by Crippen LogP contribution is -2.20. The monoisotopic (exact) mass is 219 g/mol. The first-order chi connectivity index (χ1) is 6.99. The molecule has 0 amide bonds. The first-order valence-corrected chi connectivity index (χ1v) is 4.44. The van der Waals surface area contributed by atoms with Gasteiger partial charge in [-0.05, 0) is 24.7 Å². The Hall–Kier alpha value is -1.07. The Labute approximate surface area is 85.7 Å². The Morgan fingerprint density at radius 2 is 1.80 bits per heavy atom. The van der Waals surface area contributed by atoms with Crippen LogP contribution in [0.2, 0.25) is 0 Å². The molecule has 0 saturated heterocycles. The van der Waals surface area contributed by atoms with E-state index in [1.807, 2.05) is 0 Å². The van der Waals surface area contributed by atoms with Crippen molar-refractivity contribution in [3.8, 4) is 0 Å². The van der Waals surface area contributed by atoms with Gasteiger partial charge in [0, 0.05) is 0 Å². The van der Waals surface area contributed by atoms with Crippen molar-refractivity contribution in [1.82, 2.24) is 5.32 Å². The summed E-state index contributed by atoms with van der Waals surface area (Å²) in [5.41, 5.74) is -0.0490. The molecule has 1 atom stereocenters. The Bertz CT molecular complexity index is 303.